The van der Waals surface area contributed by atoms with Crippen LogP contribution in [-0.4, -0.2) is 73.2 Å². The molecule has 0 atom stereocenters. The zero-order valence-electron chi connectivity index (χ0n) is 17.8. The number of benzene rings is 1. The molecule has 1 saturated heterocycles. The smallest absolute Gasteiger partial charge is 0.410 e. The third-order valence-electron chi connectivity index (χ3n) is 4.22. The second-order valence-corrected chi connectivity index (χ2v) is 7.79. The number of methoxy groups -OCH3 is 1. The lowest BCUT2D eigenvalue weighted by atomic mass is 10.2. The van der Waals surface area contributed by atoms with Gasteiger partial charge in [0.1, 0.15) is 5.60 Å². The highest BCUT2D eigenvalue weighted by Gasteiger charge is 2.26. The van der Waals surface area contributed by atoms with E-state index in [0.29, 0.717) is 37.7 Å². The zero-order chi connectivity index (χ0) is 22.3. The van der Waals surface area contributed by atoms with Gasteiger partial charge in [0, 0.05) is 32.3 Å². The molecule has 1 aromatic rings. The Kier molecular flexibility index (Phi) is 7.68. The molecule has 30 heavy (non-hydrogen) atoms. The van der Waals surface area contributed by atoms with E-state index < -0.39 is 11.5 Å². The van der Waals surface area contributed by atoms with E-state index in [-0.39, 0.29) is 18.6 Å². The molecule has 164 valence electrons. The molecule has 9 heteroatoms. The molecule has 1 fully saturated rings. The second-order valence-electron chi connectivity index (χ2n) is 7.79. The van der Waals surface area contributed by atoms with E-state index in [1.165, 1.54) is 13.2 Å². The molecule has 9 nitrogen and oxygen atoms in total. The number of carbonyl (C=O) groups excluding carboxylic acids is 3. The summed E-state index contributed by atoms with van der Waals surface area (Å²) in [5.41, 5.74) is 5.27. The summed E-state index contributed by atoms with van der Waals surface area (Å²) >= 11 is 0. The van der Waals surface area contributed by atoms with E-state index in [0.717, 1.165) is 5.56 Å². The van der Waals surface area contributed by atoms with Crippen molar-refractivity contribution in [1.82, 2.24) is 9.80 Å². The van der Waals surface area contributed by atoms with Crippen LogP contribution in [0.1, 0.15) is 26.3 Å². The van der Waals surface area contributed by atoms with Gasteiger partial charge in [-0.1, -0.05) is 6.07 Å². The molecule has 1 aliphatic rings. The van der Waals surface area contributed by atoms with Crippen LogP contribution in [0.4, 0.5) is 4.79 Å². The lowest BCUT2D eigenvalue weighted by molar-refractivity contribution is -0.127. The number of carbonyl (C=O) groups is 3. The normalized spacial score (nSPS) is 14.5. The van der Waals surface area contributed by atoms with Gasteiger partial charge in [-0.2, -0.15) is 0 Å². The van der Waals surface area contributed by atoms with Gasteiger partial charge in [-0.25, -0.2) is 4.79 Å². The quantitative estimate of drug-likeness (QED) is 0.702. The predicted molar refractivity (Wildman–Crippen MR) is 111 cm³/mol. The number of hydrogen-bond acceptors (Lipinski definition) is 6. The molecule has 0 saturated carbocycles. The zero-order valence-corrected chi connectivity index (χ0v) is 17.8. The van der Waals surface area contributed by atoms with Crippen molar-refractivity contribution >= 4 is 24.0 Å². The van der Waals surface area contributed by atoms with Crippen LogP contribution < -0.4 is 15.2 Å². The molecule has 0 radical (unpaired) electrons. The molecule has 2 rings (SSSR count). The molecule has 0 spiro atoms. The Balaban J connectivity index is 1.92. The van der Waals surface area contributed by atoms with Crippen molar-refractivity contribution in [2.24, 2.45) is 5.73 Å². The highest BCUT2D eigenvalue weighted by molar-refractivity contribution is 5.92. The first-order valence-corrected chi connectivity index (χ1v) is 9.63. The summed E-state index contributed by atoms with van der Waals surface area (Å²) in [5.74, 6) is 0.0834. The fourth-order valence-corrected chi connectivity index (χ4v) is 2.76. The Morgan fingerprint density at radius 3 is 2.27 bits per heavy atom. The minimum atomic E-state index is -0.585. The van der Waals surface area contributed by atoms with Crippen molar-refractivity contribution in [1.29, 1.82) is 0 Å². The lowest BCUT2D eigenvalue weighted by Gasteiger charge is -2.35. The molecule has 3 amide bonds. The average molecular weight is 419 g/mol. The van der Waals surface area contributed by atoms with Gasteiger partial charge in [-0.15, -0.1) is 0 Å². The maximum Gasteiger partial charge on any atom is 0.410 e. The number of piperazine rings is 1. The summed E-state index contributed by atoms with van der Waals surface area (Å²) in [7, 11) is 1.48. The number of rotatable bonds is 6. The van der Waals surface area contributed by atoms with E-state index in [2.05, 4.69) is 0 Å². The van der Waals surface area contributed by atoms with E-state index in [9.17, 15) is 14.4 Å². The first kappa shape index (κ1) is 23.1. The molecule has 1 aliphatic heterocycles. The number of nitrogens with zero attached hydrogens (tertiary/aromatic N) is 2. The number of nitrogens with two attached hydrogens (primary N) is 1. The maximum atomic E-state index is 12.5. The Bertz CT molecular complexity index is 807. The third kappa shape index (κ3) is 6.98. The van der Waals surface area contributed by atoms with Crippen LogP contribution in [0.15, 0.2) is 24.3 Å². The van der Waals surface area contributed by atoms with E-state index in [4.69, 9.17) is 19.9 Å². The fraction of sp³-hybridized carbons (Fsp3) is 0.476. The van der Waals surface area contributed by atoms with Gasteiger partial charge in [-0.05, 0) is 44.5 Å². The van der Waals surface area contributed by atoms with Crippen LogP contribution in [0.2, 0.25) is 0 Å². The Hall–Kier alpha value is -3.23. The van der Waals surface area contributed by atoms with Crippen LogP contribution in [0.3, 0.4) is 0 Å². The first-order chi connectivity index (χ1) is 14.1. The van der Waals surface area contributed by atoms with Gasteiger partial charge in [0.15, 0.2) is 18.1 Å². The summed E-state index contributed by atoms with van der Waals surface area (Å²) in [6.07, 6.45) is 2.78. The topological polar surface area (TPSA) is 111 Å². The lowest BCUT2D eigenvalue weighted by Crippen LogP contribution is -2.51. The average Bonchev–Trinajstić information content (AvgIpc) is 2.69. The van der Waals surface area contributed by atoms with Crippen LogP contribution in [0.25, 0.3) is 6.08 Å². The summed E-state index contributed by atoms with van der Waals surface area (Å²) < 4.78 is 15.9. The highest BCUT2D eigenvalue weighted by atomic mass is 16.6. The molecule has 1 heterocycles. The van der Waals surface area contributed by atoms with Crippen LogP contribution in [-0.2, 0) is 14.3 Å². The van der Waals surface area contributed by atoms with Crippen LogP contribution in [0.5, 0.6) is 11.5 Å². The van der Waals surface area contributed by atoms with Crippen LogP contribution >= 0.6 is 0 Å². The van der Waals surface area contributed by atoms with Gasteiger partial charge in [0.2, 0.25) is 5.91 Å². The van der Waals surface area contributed by atoms with Crippen molar-refractivity contribution < 1.29 is 28.6 Å². The van der Waals surface area contributed by atoms with Gasteiger partial charge >= 0.3 is 6.09 Å². The van der Waals surface area contributed by atoms with Gasteiger partial charge in [0.05, 0.1) is 7.11 Å². The molecule has 0 aliphatic carbocycles. The summed E-state index contributed by atoms with van der Waals surface area (Å²) in [5, 5.41) is 0. The summed E-state index contributed by atoms with van der Waals surface area (Å²) in [6, 6.07) is 5.08. The minimum absolute atomic E-state index is 0.146. The number of ether oxygens (including phenoxy) is 3. The minimum Gasteiger partial charge on any atom is -0.493 e. The van der Waals surface area contributed by atoms with E-state index in [1.807, 2.05) is 20.8 Å². The molecule has 0 bridgehead atoms. The van der Waals surface area contributed by atoms with Gasteiger partial charge in [-0.3, -0.25) is 9.59 Å². The SMILES string of the molecule is COc1cc(/C=C/C(=O)N2CCN(C(=O)OC(C)(C)C)CC2)ccc1OCC(N)=O. The van der Waals surface area contributed by atoms with Gasteiger partial charge in [0.25, 0.3) is 5.91 Å². The van der Waals surface area contributed by atoms with E-state index >= 15 is 0 Å². The van der Waals surface area contributed by atoms with Crippen molar-refractivity contribution in [2.75, 3.05) is 39.9 Å². The molecule has 0 aromatic heterocycles. The predicted octanol–water partition coefficient (Wildman–Crippen LogP) is 1.65. The summed E-state index contributed by atoms with van der Waals surface area (Å²) in [6.45, 7) is 6.93. The molecular weight excluding hydrogens is 390 g/mol. The Labute approximate surface area is 176 Å². The number of amides is 3. The Morgan fingerprint density at radius 1 is 1.07 bits per heavy atom. The van der Waals surface area contributed by atoms with Gasteiger partial charge < -0.3 is 29.7 Å². The number of primary amides is 1. The van der Waals surface area contributed by atoms with Crippen LogP contribution in [0, 0.1) is 0 Å². The molecule has 2 N–H and O–H groups in total. The monoisotopic (exact) mass is 419 g/mol. The summed E-state index contributed by atoms with van der Waals surface area (Å²) in [4.78, 5) is 38.7. The second kappa shape index (κ2) is 10.00. The molecular formula is C21H29N3O6. The molecule has 1 aromatic carbocycles. The highest BCUT2D eigenvalue weighted by Crippen LogP contribution is 2.28. The maximum absolute atomic E-state index is 12.5. The van der Waals surface area contributed by atoms with Crippen molar-refractivity contribution in [2.45, 2.75) is 26.4 Å². The Morgan fingerprint density at radius 2 is 1.70 bits per heavy atom. The fourth-order valence-electron chi connectivity index (χ4n) is 2.76. The largest absolute Gasteiger partial charge is 0.493 e. The first-order valence-electron chi connectivity index (χ1n) is 9.63. The standard InChI is InChI=1S/C21H29N3O6/c1-21(2,3)30-20(27)24-11-9-23(10-12-24)19(26)8-6-15-5-7-16(17(13-15)28-4)29-14-18(22)25/h5-8,13H,9-12,14H2,1-4H3,(H2,22,25)/b8-6+. The van der Waals surface area contributed by atoms with Crippen molar-refractivity contribution in [3.63, 3.8) is 0 Å². The van der Waals surface area contributed by atoms with Crippen molar-refractivity contribution in [3.8, 4) is 11.5 Å². The molecule has 0 unspecified atom stereocenters. The van der Waals surface area contributed by atoms with E-state index in [1.54, 1.807) is 34.1 Å². The number of hydrogen-bond donors (Lipinski definition) is 1. The third-order valence-corrected chi connectivity index (χ3v) is 4.22. The van der Waals surface area contributed by atoms with Crippen molar-refractivity contribution in [3.05, 3.63) is 29.8 Å².